The minimum absolute atomic E-state index is 0.0486. The van der Waals surface area contributed by atoms with Crippen LogP contribution in [0.2, 0.25) is 0 Å². The Morgan fingerprint density at radius 1 is 1.24 bits per heavy atom. The fourth-order valence-electron chi connectivity index (χ4n) is 1.97. The van der Waals surface area contributed by atoms with Crippen molar-refractivity contribution in [2.75, 3.05) is 18.5 Å². The van der Waals surface area contributed by atoms with E-state index in [9.17, 15) is 14.0 Å². The molecule has 1 N–H and O–H groups in total. The summed E-state index contributed by atoms with van der Waals surface area (Å²) in [6, 6.07) is 9.05. The Bertz CT molecular complexity index is 767. The third-order valence-corrected chi connectivity index (χ3v) is 3.64. The third-order valence-electron chi connectivity index (χ3n) is 3.15. The van der Waals surface area contributed by atoms with Crippen LogP contribution in [0.15, 0.2) is 40.9 Å². The molecule has 5 nitrogen and oxygen atoms in total. The highest BCUT2D eigenvalue weighted by atomic mass is 79.9. The van der Waals surface area contributed by atoms with Crippen molar-refractivity contribution in [1.82, 2.24) is 0 Å². The summed E-state index contributed by atoms with van der Waals surface area (Å²) in [7, 11) is 0. The molecule has 1 amide bonds. The lowest BCUT2D eigenvalue weighted by molar-refractivity contribution is -0.118. The minimum atomic E-state index is -0.564. The molecule has 0 aliphatic rings. The first kappa shape index (κ1) is 18.9. The van der Waals surface area contributed by atoms with E-state index in [2.05, 4.69) is 21.2 Å². The number of aldehydes is 1. The molecule has 0 atom stereocenters. The molecule has 0 unspecified atom stereocenters. The SMILES string of the molecule is CCCOc1ccc(C=O)c(OCC(=O)Nc2ccc(Br)cc2F)c1. The van der Waals surface area contributed by atoms with Crippen molar-refractivity contribution in [1.29, 1.82) is 0 Å². The Hall–Kier alpha value is -2.41. The zero-order valence-corrected chi connectivity index (χ0v) is 15.1. The second kappa shape index (κ2) is 9.17. The third kappa shape index (κ3) is 5.56. The smallest absolute Gasteiger partial charge is 0.262 e. The van der Waals surface area contributed by atoms with E-state index in [1.807, 2.05) is 6.92 Å². The van der Waals surface area contributed by atoms with E-state index in [4.69, 9.17) is 9.47 Å². The fourth-order valence-corrected chi connectivity index (χ4v) is 2.30. The lowest BCUT2D eigenvalue weighted by Gasteiger charge is -2.12. The number of hydrogen-bond acceptors (Lipinski definition) is 4. The van der Waals surface area contributed by atoms with Gasteiger partial charge in [-0.3, -0.25) is 9.59 Å². The van der Waals surface area contributed by atoms with Gasteiger partial charge < -0.3 is 14.8 Å². The van der Waals surface area contributed by atoms with E-state index in [-0.39, 0.29) is 18.0 Å². The molecular formula is C18H17BrFNO4. The molecule has 0 aliphatic heterocycles. The Labute approximate surface area is 153 Å². The van der Waals surface area contributed by atoms with Gasteiger partial charge in [-0.2, -0.15) is 0 Å². The van der Waals surface area contributed by atoms with Crippen molar-refractivity contribution in [3.05, 3.63) is 52.3 Å². The number of carbonyl (C=O) groups is 2. The number of nitrogens with one attached hydrogen (secondary N) is 1. The fraction of sp³-hybridized carbons (Fsp3) is 0.222. The van der Waals surface area contributed by atoms with Crippen molar-refractivity contribution in [3.63, 3.8) is 0 Å². The molecule has 0 heterocycles. The molecule has 25 heavy (non-hydrogen) atoms. The first-order valence-corrected chi connectivity index (χ1v) is 8.42. The minimum Gasteiger partial charge on any atom is -0.493 e. The van der Waals surface area contributed by atoms with Crippen LogP contribution < -0.4 is 14.8 Å². The van der Waals surface area contributed by atoms with Crippen molar-refractivity contribution < 1.29 is 23.5 Å². The van der Waals surface area contributed by atoms with Gasteiger partial charge in [-0.1, -0.05) is 22.9 Å². The Morgan fingerprint density at radius 2 is 2.04 bits per heavy atom. The first-order valence-electron chi connectivity index (χ1n) is 7.63. The summed E-state index contributed by atoms with van der Waals surface area (Å²) in [5, 5.41) is 2.41. The van der Waals surface area contributed by atoms with Gasteiger partial charge in [0.05, 0.1) is 17.9 Å². The summed E-state index contributed by atoms with van der Waals surface area (Å²) < 4.78 is 25.1. The van der Waals surface area contributed by atoms with Crippen LogP contribution in [0.3, 0.4) is 0 Å². The maximum Gasteiger partial charge on any atom is 0.262 e. The van der Waals surface area contributed by atoms with Crippen LogP contribution in [0.4, 0.5) is 10.1 Å². The number of anilines is 1. The van der Waals surface area contributed by atoms with Crippen LogP contribution in [0, 0.1) is 5.82 Å². The van der Waals surface area contributed by atoms with Gasteiger partial charge in [0.15, 0.2) is 12.9 Å². The molecule has 0 aliphatic carbocycles. The second-order valence-electron chi connectivity index (χ2n) is 5.13. The van der Waals surface area contributed by atoms with Crippen molar-refractivity contribution in [3.8, 4) is 11.5 Å². The number of halogens is 2. The largest absolute Gasteiger partial charge is 0.493 e. The van der Waals surface area contributed by atoms with E-state index >= 15 is 0 Å². The molecule has 2 aromatic carbocycles. The molecule has 0 spiro atoms. The van der Waals surface area contributed by atoms with Gasteiger partial charge in [0.2, 0.25) is 0 Å². The topological polar surface area (TPSA) is 64.6 Å². The summed E-state index contributed by atoms with van der Waals surface area (Å²) in [5.74, 6) is -0.332. The average molecular weight is 410 g/mol. The number of benzene rings is 2. The van der Waals surface area contributed by atoms with Gasteiger partial charge in [0.1, 0.15) is 17.3 Å². The predicted molar refractivity (Wildman–Crippen MR) is 95.8 cm³/mol. The molecule has 0 fully saturated rings. The number of rotatable bonds is 8. The van der Waals surface area contributed by atoms with Crippen molar-refractivity contribution in [2.24, 2.45) is 0 Å². The molecule has 0 saturated heterocycles. The zero-order valence-electron chi connectivity index (χ0n) is 13.6. The summed E-state index contributed by atoms with van der Waals surface area (Å²) in [4.78, 5) is 23.0. The van der Waals surface area contributed by atoms with Crippen LogP contribution >= 0.6 is 15.9 Å². The standard InChI is InChI=1S/C18H17BrFNO4/c1-2-7-24-14-5-3-12(10-22)17(9-14)25-11-18(23)21-16-6-4-13(19)8-15(16)20/h3-6,8-10H,2,7,11H2,1H3,(H,21,23). The first-order chi connectivity index (χ1) is 12.0. The number of amides is 1. The van der Waals surface area contributed by atoms with E-state index in [0.717, 1.165) is 6.42 Å². The number of carbonyl (C=O) groups excluding carboxylic acids is 2. The quantitative estimate of drug-likeness (QED) is 0.663. The van der Waals surface area contributed by atoms with E-state index < -0.39 is 11.7 Å². The van der Waals surface area contributed by atoms with E-state index in [1.54, 1.807) is 24.3 Å². The summed E-state index contributed by atoms with van der Waals surface area (Å²) in [6.07, 6.45) is 1.47. The predicted octanol–water partition coefficient (Wildman–Crippen LogP) is 4.21. The van der Waals surface area contributed by atoms with Gasteiger partial charge in [-0.05, 0) is 36.8 Å². The van der Waals surface area contributed by atoms with Crippen molar-refractivity contribution >= 4 is 33.8 Å². The lowest BCUT2D eigenvalue weighted by atomic mass is 10.2. The van der Waals surface area contributed by atoms with Gasteiger partial charge >= 0.3 is 0 Å². The summed E-state index contributed by atoms with van der Waals surface area (Å²) in [5.41, 5.74) is 0.346. The zero-order chi connectivity index (χ0) is 18.2. The van der Waals surface area contributed by atoms with Crippen LogP contribution in [-0.2, 0) is 4.79 Å². The summed E-state index contributed by atoms with van der Waals surface area (Å²) in [6.45, 7) is 2.14. The highest BCUT2D eigenvalue weighted by Crippen LogP contribution is 2.24. The molecule has 0 saturated carbocycles. The maximum atomic E-state index is 13.7. The van der Waals surface area contributed by atoms with Gasteiger partial charge in [-0.15, -0.1) is 0 Å². The highest BCUT2D eigenvalue weighted by Gasteiger charge is 2.11. The van der Waals surface area contributed by atoms with Gasteiger partial charge in [0.25, 0.3) is 5.91 Å². The number of hydrogen-bond donors (Lipinski definition) is 1. The highest BCUT2D eigenvalue weighted by molar-refractivity contribution is 9.10. The second-order valence-corrected chi connectivity index (χ2v) is 6.04. The van der Waals surface area contributed by atoms with E-state index in [1.165, 1.54) is 12.1 Å². The summed E-state index contributed by atoms with van der Waals surface area (Å²) >= 11 is 3.14. The Kier molecular flexibility index (Phi) is 6.94. The lowest BCUT2D eigenvalue weighted by Crippen LogP contribution is -2.21. The average Bonchev–Trinajstić information content (AvgIpc) is 2.60. The molecule has 2 rings (SSSR count). The van der Waals surface area contributed by atoms with Crippen LogP contribution in [0.1, 0.15) is 23.7 Å². The molecular weight excluding hydrogens is 393 g/mol. The van der Waals surface area contributed by atoms with E-state index in [0.29, 0.717) is 28.7 Å². The number of ether oxygens (including phenoxy) is 2. The van der Waals surface area contributed by atoms with Crippen LogP contribution in [-0.4, -0.2) is 25.4 Å². The molecule has 0 aromatic heterocycles. The molecule has 132 valence electrons. The monoisotopic (exact) mass is 409 g/mol. The normalized spacial score (nSPS) is 10.2. The maximum absolute atomic E-state index is 13.7. The van der Waals surface area contributed by atoms with Gasteiger partial charge in [0, 0.05) is 10.5 Å². The molecule has 0 bridgehead atoms. The molecule has 7 heteroatoms. The van der Waals surface area contributed by atoms with Crippen LogP contribution in [0.5, 0.6) is 11.5 Å². The Balaban J connectivity index is 2.01. The Morgan fingerprint density at radius 3 is 2.72 bits per heavy atom. The van der Waals surface area contributed by atoms with Crippen LogP contribution in [0.25, 0.3) is 0 Å². The van der Waals surface area contributed by atoms with Crippen molar-refractivity contribution in [2.45, 2.75) is 13.3 Å². The van der Waals surface area contributed by atoms with Gasteiger partial charge in [-0.25, -0.2) is 4.39 Å². The molecule has 2 aromatic rings. The molecule has 0 radical (unpaired) electrons.